The highest BCUT2D eigenvalue weighted by Gasteiger charge is 2.30. The van der Waals surface area contributed by atoms with Crippen molar-refractivity contribution in [3.63, 3.8) is 0 Å². The highest BCUT2D eigenvalue weighted by molar-refractivity contribution is 5.47. The lowest BCUT2D eigenvalue weighted by Crippen LogP contribution is -2.27. The second-order valence-electron chi connectivity index (χ2n) is 8.66. The van der Waals surface area contributed by atoms with Crippen molar-refractivity contribution in [2.75, 3.05) is 11.4 Å². The van der Waals surface area contributed by atoms with Crippen LogP contribution in [0.5, 0.6) is 11.5 Å². The predicted octanol–water partition coefficient (Wildman–Crippen LogP) is 4.29. The van der Waals surface area contributed by atoms with E-state index in [4.69, 9.17) is 4.74 Å². The lowest BCUT2D eigenvalue weighted by molar-refractivity contribution is 0.481. The molecule has 36 heavy (non-hydrogen) atoms. The van der Waals surface area contributed by atoms with E-state index in [9.17, 15) is 18.8 Å². The topological polar surface area (TPSA) is 89.0 Å². The standard InChI is InChI=1S/C26H22F2N6O2/c1-17-11-18(13-29)14-33(17)25-12-21(9-10-30-25)36-20-7-5-19(6-8-20)34-26(35)32(16-31-34)15-22-23(27)3-2-4-24(22)28/h2-10,12,16-18H,11,14-15H2,1H3/t17-,18-/m0/s1. The molecule has 2 atom stereocenters. The van der Waals surface area contributed by atoms with Crippen LogP contribution in [0.2, 0.25) is 0 Å². The molecule has 1 saturated heterocycles. The Bertz CT molecular complexity index is 1470. The van der Waals surface area contributed by atoms with Gasteiger partial charge in [0.1, 0.15) is 35.3 Å². The molecule has 0 spiro atoms. The molecule has 182 valence electrons. The molecule has 4 aromatic rings. The maximum Gasteiger partial charge on any atom is 0.350 e. The number of hydrogen-bond acceptors (Lipinski definition) is 6. The quantitative estimate of drug-likeness (QED) is 0.402. The van der Waals surface area contributed by atoms with Crippen LogP contribution >= 0.6 is 0 Å². The van der Waals surface area contributed by atoms with Gasteiger partial charge in [0.15, 0.2) is 0 Å². The monoisotopic (exact) mass is 488 g/mol. The zero-order valence-corrected chi connectivity index (χ0v) is 19.4. The van der Waals surface area contributed by atoms with E-state index in [2.05, 4.69) is 28.0 Å². The Hall–Kier alpha value is -4.52. The summed E-state index contributed by atoms with van der Waals surface area (Å²) in [6, 6.07) is 16.4. The smallest absolute Gasteiger partial charge is 0.350 e. The molecule has 0 aliphatic carbocycles. The van der Waals surface area contributed by atoms with Gasteiger partial charge >= 0.3 is 5.69 Å². The first kappa shape index (κ1) is 23.2. The first-order chi connectivity index (χ1) is 17.4. The summed E-state index contributed by atoms with van der Waals surface area (Å²) >= 11 is 0. The maximum atomic E-state index is 14.0. The predicted molar refractivity (Wildman–Crippen MR) is 128 cm³/mol. The fraction of sp³-hybridized carbons (Fsp3) is 0.231. The number of nitriles is 1. The molecule has 2 aromatic carbocycles. The van der Waals surface area contributed by atoms with Crippen LogP contribution in [0.4, 0.5) is 14.6 Å². The molecule has 3 heterocycles. The first-order valence-electron chi connectivity index (χ1n) is 11.4. The van der Waals surface area contributed by atoms with Crippen LogP contribution < -0.4 is 15.3 Å². The number of rotatable bonds is 6. The molecule has 1 fully saturated rings. The van der Waals surface area contributed by atoms with Crippen molar-refractivity contribution in [2.45, 2.75) is 25.9 Å². The van der Waals surface area contributed by atoms with Crippen LogP contribution in [-0.2, 0) is 6.54 Å². The summed E-state index contributed by atoms with van der Waals surface area (Å²) in [5.74, 6) is 0.420. The van der Waals surface area contributed by atoms with E-state index in [1.165, 1.54) is 12.4 Å². The Balaban J connectivity index is 1.31. The van der Waals surface area contributed by atoms with Crippen molar-refractivity contribution >= 4 is 5.82 Å². The Morgan fingerprint density at radius 1 is 1.11 bits per heavy atom. The Morgan fingerprint density at radius 2 is 1.86 bits per heavy atom. The lowest BCUT2D eigenvalue weighted by atomic mass is 10.1. The van der Waals surface area contributed by atoms with Crippen molar-refractivity contribution in [1.29, 1.82) is 5.26 Å². The van der Waals surface area contributed by atoms with Crippen molar-refractivity contribution in [2.24, 2.45) is 5.92 Å². The third-order valence-corrected chi connectivity index (χ3v) is 6.21. The lowest BCUT2D eigenvalue weighted by Gasteiger charge is -2.22. The summed E-state index contributed by atoms with van der Waals surface area (Å²) in [5.41, 5.74) is -0.254. The first-order valence-corrected chi connectivity index (χ1v) is 11.4. The molecule has 1 aliphatic heterocycles. The van der Waals surface area contributed by atoms with Crippen LogP contribution in [0.15, 0.2) is 71.9 Å². The van der Waals surface area contributed by atoms with Gasteiger partial charge in [-0.3, -0.25) is 4.57 Å². The van der Waals surface area contributed by atoms with Gasteiger partial charge in [-0.1, -0.05) is 6.07 Å². The minimum absolute atomic E-state index is 0.0171. The summed E-state index contributed by atoms with van der Waals surface area (Å²) in [5, 5.41) is 13.3. The van der Waals surface area contributed by atoms with Crippen LogP contribution in [0, 0.1) is 28.9 Å². The van der Waals surface area contributed by atoms with Gasteiger partial charge in [-0.15, -0.1) is 0 Å². The van der Waals surface area contributed by atoms with Gasteiger partial charge in [-0.25, -0.2) is 18.6 Å². The fourth-order valence-electron chi connectivity index (χ4n) is 4.33. The minimum Gasteiger partial charge on any atom is -0.457 e. The van der Waals surface area contributed by atoms with Gasteiger partial charge < -0.3 is 9.64 Å². The normalized spacial score (nSPS) is 17.2. The molecule has 0 amide bonds. The summed E-state index contributed by atoms with van der Waals surface area (Å²) < 4.78 is 36.2. The van der Waals surface area contributed by atoms with Crippen LogP contribution in [-0.4, -0.2) is 31.9 Å². The number of pyridine rings is 1. The fourth-order valence-corrected chi connectivity index (χ4v) is 4.33. The van der Waals surface area contributed by atoms with Gasteiger partial charge in [-0.05, 0) is 55.8 Å². The molecule has 8 nitrogen and oxygen atoms in total. The van der Waals surface area contributed by atoms with Crippen molar-refractivity contribution < 1.29 is 13.5 Å². The maximum absolute atomic E-state index is 14.0. The Kier molecular flexibility index (Phi) is 6.21. The second-order valence-corrected chi connectivity index (χ2v) is 8.66. The highest BCUT2D eigenvalue weighted by Crippen LogP contribution is 2.30. The van der Waals surface area contributed by atoms with Crippen molar-refractivity contribution in [1.82, 2.24) is 19.3 Å². The molecule has 5 rings (SSSR count). The van der Waals surface area contributed by atoms with Gasteiger partial charge in [0.25, 0.3) is 0 Å². The van der Waals surface area contributed by atoms with Gasteiger partial charge in [0.2, 0.25) is 0 Å². The second kappa shape index (κ2) is 9.62. The van der Waals surface area contributed by atoms with Crippen LogP contribution in [0.1, 0.15) is 18.9 Å². The SMILES string of the molecule is C[C@H]1C[C@@H](C#N)CN1c1cc(Oc2ccc(-n3ncn(Cc4c(F)cccc4F)c3=O)cc2)ccn1. The van der Waals surface area contributed by atoms with E-state index in [0.717, 1.165) is 33.6 Å². The van der Waals surface area contributed by atoms with Gasteiger partial charge in [0, 0.05) is 30.4 Å². The summed E-state index contributed by atoms with van der Waals surface area (Å²) in [4.78, 5) is 19.3. The minimum atomic E-state index is -0.723. The van der Waals surface area contributed by atoms with Gasteiger partial charge in [-0.2, -0.15) is 15.0 Å². The number of anilines is 1. The van der Waals surface area contributed by atoms with E-state index in [1.807, 2.05) is 6.07 Å². The van der Waals surface area contributed by atoms with Crippen LogP contribution in [0.25, 0.3) is 5.69 Å². The number of ether oxygens (including phenoxy) is 1. The average molecular weight is 488 g/mol. The van der Waals surface area contributed by atoms with Crippen molar-refractivity contribution in [3.05, 3.63) is 94.8 Å². The number of halogens is 2. The van der Waals surface area contributed by atoms with E-state index in [0.29, 0.717) is 23.7 Å². The summed E-state index contributed by atoms with van der Waals surface area (Å²) in [6.45, 7) is 2.43. The van der Waals surface area contributed by atoms with E-state index in [1.54, 1.807) is 36.5 Å². The zero-order valence-electron chi connectivity index (χ0n) is 19.4. The van der Waals surface area contributed by atoms with Gasteiger partial charge in [0.05, 0.1) is 24.2 Å². The molecule has 0 bridgehead atoms. The molecular weight excluding hydrogens is 466 g/mol. The molecule has 0 N–H and O–H groups in total. The molecule has 10 heteroatoms. The number of nitrogens with zero attached hydrogens (tertiary/aromatic N) is 6. The summed E-state index contributed by atoms with van der Waals surface area (Å²) in [7, 11) is 0. The third kappa shape index (κ3) is 4.55. The molecule has 0 unspecified atom stereocenters. The Labute approximate surface area is 205 Å². The third-order valence-electron chi connectivity index (χ3n) is 6.21. The molecule has 0 radical (unpaired) electrons. The average Bonchev–Trinajstić information content (AvgIpc) is 3.44. The molecular formula is C26H22F2N6O2. The number of hydrogen-bond donors (Lipinski definition) is 0. The highest BCUT2D eigenvalue weighted by atomic mass is 19.1. The largest absolute Gasteiger partial charge is 0.457 e. The number of benzene rings is 2. The molecule has 0 saturated carbocycles. The van der Waals surface area contributed by atoms with Crippen molar-refractivity contribution in [3.8, 4) is 23.3 Å². The molecule has 1 aliphatic rings. The van der Waals surface area contributed by atoms with E-state index in [-0.39, 0.29) is 24.1 Å². The van der Waals surface area contributed by atoms with E-state index >= 15 is 0 Å². The van der Waals surface area contributed by atoms with E-state index < -0.39 is 17.3 Å². The Morgan fingerprint density at radius 3 is 2.56 bits per heavy atom. The summed E-state index contributed by atoms with van der Waals surface area (Å²) in [6.07, 6.45) is 3.71. The zero-order chi connectivity index (χ0) is 25.2. The molecule has 2 aromatic heterocycles. The number of aromatic nitrogens is 4. The van der Waals surface area contributed by atoms with Crippen LogP contribution in [0.3, 0.4) is 0 Å².